The number of nitrogens with zero attached hydrogens (tertiary/aromatic N) is 2. The van der Waals surface area contributed by atoms with Crippen LogP contribution in [-0.2, 0) is 11.2 Å². The monoisotopic (exact) mass is 382 g/mol. The number of methoxy groups -OCH3 is 1. The van der Waals surface area contributed by atoms with Gasteiger partial charge in [-0.3, -0.25) is 4.79 Å². The van der Waals surface area contributed by atoms with Crippen molar-refractivity contribution in [3.8, 4) is 5.75 Å². The predicted octanol–water partition coefficient (Wildman–Crippen LogP) is 2.62. The lowest BCUT2D eigenvalue weighted by Crippen LogP contribution is -2.40. The minimum Gasteiger partial charge on any atom is -0.497 e. The molecule has 0 aromatic heterocycles. The fourth-order valence-electron chi connectivity index (χ4n) is 2.59. The zero-order chi connectivity index (χ0) is 20.4. The first-order valence-corrected chi connectivity index (χ1v) is 9.42. The summed E-state index contributed by atoms with van der Waals surface area (Å²) in [6, 6.07) is 18.2. The van der Waals surface area contributed by atoms with E-state index in [9.17, 15) is 4.79 Å². The molecule has 0 saturated heterocycles. The molecule has 0 radical (unpaired) electrons. The number of likely N-dealkylation sites (N-methyl/N-ethyl adjacent to an activating group) is 1. The van der Waals surface area contributed by atoms with E-state index in [-0.39, 0.29) is 18.5 Å². The molecule has 0 aliphatic rings. The summed E-state index contributed by atoms with van der Waals surface area (Å²) in [6.45, 7) is 2.88. The quantitative estimate of drug-likeness (QED) is 0.544. The number of aliphatic imine (C=N–C) groups is 1. The van der Waals surface area contributed by atoms with E-state index in [1.54, 1.807) is 26.1 Å². The molecule has 0 aliphatic carbocycles. The fraction of sp³-hybridized carbons (Fsp3) is 0.364. The smallest absolute Gasteiger partial charge is 0.243 e. The molecule has 150 valence electrons. The first kappa shape index (κ1) is 21.3. The summed E-state index contributed by atoms with van der Waals surface area (Å²) < 4.78 is 5.19. The molecule has 1 unspecified atom stereocenters. The summed E-state index contributed by atoms with van der Waals surface area (Å²) in [7, 11) is 5.12. The van der Waals surface area contributed by atoms with E-state index in [2.05, 4.69) is 34.7 Å². The van der Waals surface area contributed by atoms with Gasteiger partial charge in [-0.1, -0.05) is 42.5 Å². The fourth-order valence-corrected chi connectivity index (χ4v) is 2.59. The maximum absolute atomic E-state index is 11.9. The van der Waals surface area contributed by atoms with Gasteiger partial charge in [0, 0.05) is 20.6 Å². The van der Waals surface area contributed by atoms with E-state index >= 15 is 0 Å². The second kappa shape index (κ2) is 11.0. The van der Waals surface area contributed by atoms with Crippen molar-refractivity contribution in [2.45, 2.75) is 19.4 Å². The molecule has 0 bridgehead atoms. The van der Waals surface area contributed by atoms with Gasteiger partial charge in [0.1, 0.15) is 12.3 Å². The van der Waals surface area contributed by atoms with Crippen LogP contribution in [0, 0.1) is 0 Å². The highest BCUT2D eigenvalue weighted by Gasteiger charge is 2.09. The van der Waals surface area contributed by atoms with Crippen molar-refractivity contribution in [3.05, 3.63) is 65.7 Å². The molecule has 6 heteroatoms. The van der Waals surface area contributed by atoms with Gasteiger partial charge in [-0.15, -0.1) is 0 Å². The Morgan fingerprint density at radius 1 is 1.11 bits per heavy atom. The topological polar surface area (TPSA) is 66.0 Å². The summed E-state index contributed by atoms with van der Waals surface area (Å²) in [5.41, 5.74) is 2.36. The van der Waals surface area contributed by atoms with Gasteiger partial charge in [-0.25, -0.2) is 4.99 Å². The standard InChI is InChI=1S/C22H30N4O2/c1-17(19-8-6-5-7-9-19)25-22(24-16-21(27)26(2)3)23-15-14-18-10-12-20(28-4)13-11-18/h5-13,17H,14-16H2,1-4H3,(H2,23,24,25). The van der Waals surface area contributed by atoms with Crippen molar-refractivity contribution in [2.75, 3.05) is 34.3 Å². The summed E-state index contributed by atoms with van der Waals surface area (Å²) in [4.78, 5) is 17.9. The molecule has 0 aliphatic heterocycles. The number of benzene rings is 2. The maximum atomic E-state index is 11.9. The van der Waals surface area contributed by atoms with Crippen LogP contribution in [0.25, 0.3) is 0 Å². The molecule has 0 heterocycles. The van der Waals surface area contributed by atoms with Crippen molar-refractivity contribution in [1.82, 2.24) is 15.5 Å². The third-order valence-electron chi connectivity index (χ3n) is 4.39. The Morgan fingerprint density at radius 3 is 2.39 bits per heavy atom. The van der Waals surface area contributed by atoms with Gasteiger partial charge >= 0.3 is 0 Å². The number of rotatable bonds is 8. The third kappa shape index (κ3) is 6.95. The van der Waals surface area contributed by atoms with E-state index in [1.165, 1.54) is 5.56 Å². The largest absolute Gasteiger partial charge is 0.497 e. The Morgan fingerprint density at radius 2 is 1.79 bits per heavy atom. The van der Waals surface area contributed by atoms with Crippen LogP contribution in [-0.4, -0.2) is 51.1 Å². The second-order valence-electron chi connectivity index (χ2n) is 6.75. The minimum atomic E-state index is -0.0383. The highest BCUT2D eigenvalue weighted by Crippen LogP contribution is 2.12. The Bertz CT molecular complexity index is 758. The predicted molar refractivity (Wildman–Crippen MR) is 114 cm³/mol. The molecule has 1 atom stereocenters. The summed E-state index contributed by atoms with van der Waals surface area (Å²) in [5.74, 6) is 1.43. The maximum Gasteiger partial charge on any atom is 0.243 e. The molecular formula is C22H30N4O2. The van der Waals surface area contributed by atoms with Crippen molar-refractivity contribution in [1.29, 1.82) is 0 Å². The number of carbonyl (C=O) groups is 1. The van der Waals surface area contributed by atoms with Gasteiger partial charge < -0.3 is 20.3 Å². The van der Waals surface area contributed by atoms with Crippen molar-refractivity contribution < 1.29 is 9.53 Å². The summed E-state index contributed by atoms with van der Waals surface area (Å²) in [5, 5.41) is 6.71. The van der Waals surface area contributed by atoms with Gasteiger partial charge in [0.25, 0.3) is 0 Å². The Hall–Kier alpha value is -3.02. The van der Waals surface area contributed by atoms with Crippen LogP contribution in [0.4, 0.5) is 0 Å². The molecule has 2 rings (SSSR count). The molecule has 2 aromatic carbocycles. The van der Waals surface area contributed by atoms with Gasteiger partial charge in [-0.05, 0) is 36.6 Å². The molecule has 0 spiro atoms. The van der Waals surface area contributed by atoms with E-state index in [0.29, 0.717) is 12.5 Å². The van der Waals surface area contributed by atoms with Crippen LogP contribution >= 0.6 is 0 Å². The zero-order valence-electron chi connectivity index (χ0n) is 17.1. The molecule has 28 heavy (non-hydrogen) atoms. The van der Waals surface area contributed by atoms with Crippen molar-refractivity contribution >= 4 is 11.9 Å². The Kier molecular flexibility index (Phi) is 8.34. The first-order chi connectivity index (χ1) is 13.5. The Labute approximate surface area is 167 Å². The number of amides is 1. The van der Waals surface area contributed by atoms with Crippen LogP contribution in [0.15, 0.2) is 59.6 Å². The lowest BCUT2D eigenvalue weighted by molar-refractivity contribution is -0.127. The molecule has 1 amide bonds. The number of carbonyl (C=O) groups excluding carboxylic acids is 1. The lowest BCUT2D eigenvalue weighted by atomic mass is 10.1. The first-order valence-electron chi connectivity index (χ1n) is 9.42. The van der Waals surface area contributed by atoms with Crippen LogP contribution in [0.1, 0.15) is 24.1 Å². The van der Waals surface area contributed by atoms with Gasteiger partial charge in [0.05, 0.1) is 13.2 Å². The average Bonchev–Trinajstić information content (AvgIpc) is 2.72. The number of hydrogen-bond donors (Lipinski definition) is 2. The number of guanidine groups is 1. The molecule has 0 fully saturated rings. The summed E-state index contributed by atoms with van der Waals surface area (Å²) in [6.07, 6.45) is 0.839. The van der Waals surface area contributed by atoms with Gasteiger partial charge in [-0.2, -0.15) is 0 Å². The van der Waals surface area contributed by atoms with Gasteiger partial charge in [0.2, 0.25) is 5.91 Å². The zero-order valence-corrected chi connectivity index (χ0v) is 17.1. The number of hydrogen-bond acceptors (Lipinski definition) is 3. The number of ether oxygens (including phenoxy) is 1. The van der Waals surface area contributed by atoms with Crippen LogP contribution in [0.3, 0.4) is 0 Å². The Balaban J connectivity index is 1.98. The van der Waals surface area contributed by atoms with E-state index < -0.39 is 0 Å². The average molecular weight is 383 g/mol. The van der Waals surface area contributed by atoms with E-state index in [4.69, 9.17) is 4.74 Å². The minimum absolute atomic E-state index is 0.0383. The second-order valence-corrected chi connectivity index (χ2v) is 6.75. The lowest BCUT2D eigenvalue weighted by Gasteiger charge is -2.19. The van der Waals surface area contributed by atoms with Gasteiger partial charge in [0.15, 0.2) is 5.96 Å². The molecular weight excluding hydrogens is 352 g/mol. The highest BCUT2D eigenvalue weighted by atomic mass is 16.5. The van der Waals surface area contributed by atoms with E-state index in [1.807, 2.05) is 42.5 Å². The normalized spacial score (nSPS) is 12.2. The molecule has 6 nitrogen and oxygen atoms in total. The number of nitrogens with one attached hydrogen (secondary N) is 2. The van der Waals surface area contributed by atoms with E-state index in [0.717, 1.165) is 17.7 Å². The molecule has 2 aromatic rings. The van der Waals surface area contributed by atoms with Crippen LogP contribution in [0.2, 0.25) is 0 Å². The summed E-state index contributed by atoms with van der Waals surface area (Å²) >= 11 is 0. The van der Waals surface area contributed by atoms with Crippen molar-refractivity contribution in [2.24, 2.45) is 4.99 Å². The van der Waals surface area contributed by atoms with Crippen LogP contribution < -0.4 is 15.4 Å². The molecule has 2 N–H and O–H groups in total. The third-order valence-corrected chi connectivity index (χ3v) is 4.39. The van der Waals surface area contributed by atoms with Crippen molar-refractivity contribution in [3.63, 3.8) is 0 Å². The molecule has 0 saturated carbocycles. The SMILES string of the molecule is COc1ccc(CCNC(=NCC(=O)N(C)C)NC(C)c2ccccc2)cc1. The van der Waals surface area contributed by atoms with Crippen LogP contribution in [0.5, 0.6) is 5.75 Å². The highest BCUT2D eigenvalue weighted by molar-refractivity contribution is 5.85.